The minimum absolute atomic E-state index is 0. The Morgan fingerprint density at radius 2 is 1.97 bits per heavy atom. The van der Waals surface area contributed by atoms with Crippen molar-refractivity contribution in [3.8, 4) is 5.75 Å². The number of halogens is 3. The van der Waals surface area contributed by atoms with E-state index in [1.54, 1.807) is 12.0 Å². The highest BCUT2D eigenvalue weighted by Gasteiger charge is 2.55. The van der Waals surface area contributed by atoms with Gasteiger partial charge >= 0.3 is 0 Å². The molecule has 8 nitrogen and oxygen atoms in total. The van der Waals surface area contributed by atoms with Crippen molar-refractivity contribution in [1.29, 1.82) is 0 Å². The smallest absolute Gasteiger partial charge is 0.275 e. The summed E-state index contributed by atoms with van der Waals surface area (Å²) in [6.45, 7) is 3.72. The van der Waals surface area contributed by atoms with Crippen molar-refractivity contribution in [2.75, 3.05) is 7.11 Å². The van der Waals surface area contributed by atoms with Gasteiger partial charge in [0.15, 0.2) is 11.4 Å². The molecule has 1 aromatic carbocycles. The van der Waals surface area contributed by atoms with Gasteiger partial charge < -0.3 is 24.6 Å². The van der Waals surface area contributed by atoms with Gasteiger partial charge in [-0.3, -0.25) is 14.4 Å². The molecule has 2 amide bonds. The largest absolute Gasteiger partial charge is 0.503 e. The minimum Gasteiger partial charge on any atom is -0.503 e. The second kappa shape index (κ2) is 9.34. The van der Waals surface area contributed by atoms with Crippen LogP contribution in [0.4, 0.5) is 8.78 Å². The van der Waals surface area contributed by atoms with Gasteiger partial charge in [-0.2, -0.15) is 0 Å². The van der Waals surface area contributed by atoms with Crippen molar-refractivity contribution in [3.05, 3.63) is 63.1 Å². The maximum absolute atomic E-state index is 13.9. The van der Waals surface area contributed by atoms with Gasteiger partial charge in [0.2, 0.25) is 5.43 Å². The molecule has 1 aliphatic carbocycles. The second-order valence-electron chi connectivity index (χ2n) is 8.87. The molecule has 2 aromatic rings. The maximum atomic E-state index is 13.9. The van der Waals surface area contributed by atoms with Crippen molar-refractivity contribution in [2.45, 2.75) is 57.5 Å². The van der Waals surface area contributed by atoms with Crippen LogP contribution in [0.15, 0.2) is 29.2 Å². The summed E-state index contributed by atoms with van der Waals surface area (Å²) >= 11 is 0. The van der Waals surface area contributed by atoms with E-state index in [0.717, 1.165) is 6.07 Å². The number of benzene rings is 1. The number of hydrogen-bond donors (Lipinski definition) is 2. The fourth-order valence-electron chi connectivity index (χ4n) is 4.88. The number of nitrogens with zero attached hydrogens (tertiary/aromatic N) is 2. The zero-order valence-corrected chi connectivity index (χ0v) is 19.7. The zero-order chi connectivity index (χ0) is 24.1. The van der Waals surface area contributed by atoms with Gasteiger partial charge in [0.05, 0.1) is 11.6 Å². The molecule has 2 heterocycles. The number of aromatic hydroxyl groups is 1. The summed E-state index contributed by atoms with van der Waals surface area (Å²) in [4.78, 5) is 40.4. The number of hydrogen-bond acceptors (Lipinski definition) is 5. The molecule has 184 valence electrons. The maximum Gasteiger partial charge on any atom is 0.275 e. The van der Waals surface area contributed by atoms with E-state index in [9.17, 15) is 28.3 Å². The lowest BCUT2D eigenvalue weighted by atomic mass is 9.70. The third-order valence-electron chi connectivity index (χ3n) is 6.42. The highest BCUT2D eigenvalue weighted by molar-refractivity contribution is 5.99. The number of pyridine rings is 1. The molecular formula is C23H26ClF2N3O5. The third-order valence-corrected chi connectivity index (χ3v) is 6.42. The Morgan fingerprint density at radius 3 is 2.56 bits per heavy atom. The number of aromatic nitrogens is 1. The predicted molar refractivity (Wildman–Crippen MR) is 121 cm³/mol. The molecule has 0 atom stereocenters. The van der Waals surface area contributed by atoms with E-state index in [4.69, 9.17) is 4.74 Å². The van der Waals surface area contributed by atoms with Gasteiger partial charge in [0.25, 0.3) is 11.8 Å². The first kappa shape index (κ1) is 25.6. The highest BCUT2D eigenvalue weighted by Crippen LogP contribution is 2.45. The van der Waals surface area contributed by atoms with E-state index in [1.807, 2.05) is 13.8 Å². The monoisotopic (exact) mass is 497 g/mol. The normalized spacial score (nSPS) is 21.2. The van der Waals surface area contributed by atoms with Crippen molar-refractivity contribution < 1.29 is 28.2 Å². The summed E-state index contributed by atoms with van der Waals surface area (Å²) in [6.07, 6.45) is 2.42. The summed E-state index contributed by atoms with van der Waals surface area (Å²) in [5.41, 5.74) is -2.04. The molecule has 4 rings (SSSR count). The Hall–Kier alpha value is -2.98. The molecule has 1 spiro atoms. The summed E-state index contributed by atoms with van der Waals surface area (Å²) in [5, 5.41) is 13.0. The number of nitrogens with one attached hydrogen (secondary N) is 1. The molecular weight excluding hydrogens is 472 g/mol. The fourth-order valence-corrected chi connectivity index (χ4v) is 4.88. The highest BCUT2D eigenvalue weighted by atomic mass is 35.5. The van der Waals surface area contributed by atoms with Gasteiger partial charge in [0.1, 0.15) is 17.2 Å². The molecule has 1 saturated carbocycles. The van der Waals surface area contributed by atoms with Crippen LogP contribution < -0.4 is 10.7 Å². The third kappa shape index (κ3) is 4.16. The van der Waals surface area contributed by atoms with Crippen LogP contribution in [-0.2, 0) is 17.8 Å². The Kier molecular flexibility index (Phi) is 7.05. The van der Waals surface area contributed by atoms with E-state index in [2.05, 4.69) is 5.32 Å². The van der Waals surface area contributed by atoms with E-state index in [-0.39, 0.29) is 54.5 Å². The SMILES string of the molecule is CO[C@H]1C[C@]2(Cn3cc(C(=O)NCc4ccc(F)cc4F)c(=O)c(O)c3C(=O)N2C(C)C)C1.Cl. The van der Waals surface area contributed by atoms with Gasteiger partial charge in [-0.25, -0.2) is 8.78 Å². The number of fused-ring (bicyclic) bond motifs is 1. The van der Waals surface area contributed by atoms with Crippen molar-refractivity contribution in [3.63, 3.8) is 0 Å². The van der Waals surface area contributed by atoms with E-state index in [0.29, 0.717) is 18.9 Å². The van der Waals surface area contributed by atoms with Crippen molar-refractivity contribution in [2.24, 2.45) is 0 Å². The molecule has 1 aromatic heterocycles. The van der Waals surface area contributed by atoms with E-state index >= 15 is 0 Å². The van der Waals surface area contributed by atoms with Crippen LogP contribution in [0.5, 0.6) is 5.75 Å². The lowest BCUT2D eigenvalue weighted by molar-refractivity contribution is -0.101. The summed E-state index contributed by atoms with van der Waals surface area (Å²) in [7, 11) is 1.60. The predicted octanol–water partition coefficient (Wildman–Crippen LogP) is 2.60. The first-order chi connectivity index (χ1) is 15.6. The van der Waals surface area contributed by atoms with Gasteiger partial charge in [-0.05, 0) is 32.8 Å². The van der Waals surface area contributed by atoms with Gasteiger partial charge in [0, 0.05) is 44.1 Å². The van der Waals surface area contributed by atoms with Crippen LogP contribution in [-0.4, -0.2) is 51.2 Å². The van der Waals surface area contributed by atoms with Crippen LogP contribution in [0.25, 0.3) is 0 Å². The van der Waals surface area contributed by atoms with Crippen LogP contribution in [0.2, 0.25) is 0 Å². The van der Waals surface area contributed by atoms with Crippen LogP contribution >= 0.6 is 12.4 Å². The molecule has 34 heavy (non-hydrogen) atoms. The molecule has 11 heteroatoms. The van der Waals surface area contributed by atoms with Gasteiger partial charge in [-0.1, -0.05) is 6.07 Å². The molecule has 0 radical (unpaired) electrons. The summed E-state index contributed by atoms with van der Waals surface area (Å²) < 4.78 is 33.8. The number of carbonyl (C=O) groups excluding carboxylic acids is 2. The van der Waals surface area contributed by atoms with Crippen LogP contribution in [0.3, 0.4) is 0 Å². The number of ether oxygens (including phenoxy) is 1. The zero-order valence-electron chi connectivity index (χ0n) is 18.9. The molecule has 0 saturated heterocycles. The lowest BCUT2D eigenvalue weighted by Crippen LogP contribution is -2.68. The molecule has 0 bridgehead atoms. The van der Waals surface area contributed by atoms with Gasteiger partial charge in [-0.15, -0.1) is 12.4 Å². The van der Waals surface area contributed by atoms with Crippen molar-refractivity contribution in [1.82, 2.24) is 14.8 Å². The first-order valence-corrected chi connectivity index (χ1v) is 10.6. The lowest BCUT2D eigenvalue weighted by Gasteiger charge is -2.57. The van der Waals surface area contributed by atoms with Crippen LogP contribution in [0, 0.1) is 11.6 Å². The van der Waals surface area contributed by atoms with E-state index < -0.39 is 40.2 Å². The molecule has 2 N–H and O–H groups in total. The quantitative estimate of drug-likeness (QED) is 0.661. The minimum atomic E-state index is -0.991. The number of carbonyl (C=O) groups is 2. The Balaban J connectivity index is 0.00000324. The average Bonchev–Trinajstić information content (AvgIpc) is 2.72. The van der Waals surface area contributed by atoms with Crippen molar-refractivity contribution >= 4 is 24.2 Å². The molecule has 1 fully saturated rings. The summed E-state index contributed by atoms with van der Waals surface area (Å²) in [6, 6.07) is 2.76. The number of rotatable bonds is 5. The number of methoxy groups -OCH3 is 1. The Bertz CT molecular complexity index is 1190. The van der Waals surface area contributed by atoms with Crippen LogP contribution in [0.1, 0.15) is 53.1 Å². The van der Waals surface area contributed by atoms with E-state index in [1.165, 1.54) is 16.8 Å². The first-order valence-electron chi connectivity index (χ1n) is 10.6. The standard InChI is InChI=1S/C23H25F2N3O5.ClH/c1-12(2)28-22(32)18-20(30)19(29)16(10-27(18)11-23(28)7-15(8-23)33-3)21(31)26-9-13-4-5-14(24)6-17(13)25;/h4-6,10,12,15,30H,7-9,11H2,1-3H3,(H,26,31);1H/t15-,23+;. The molecule has 2 aliphatic rings. The molecule has 1 aliphatic heterocycles. The second-order valence-corrected chi connectivity index (χ2v) is 8.87. The Morgan fingerprint density at radius 1 is 1.29 bits per heavy atom. The average molecular weight is 498 g/mol. The summed E-state index contributed by atoms with van der Waals surface area (Å²) in [5.74, 6) is -3.71. The number of amides is 2. The molecule has 0 unspecified atom stereocenters. The fraction of sp³-hybridized carbons (Fsp3) is 0.435. The Labute approximate surface area is 200 Å². The topological polar surface area (TPSA) is 101 Å².